The minimum atomic E-state index is -4.60. The zero-order chi connectivity index (χ0) is 6.08. The summed E-state index contributed by atoms with van der Waals surface area (Å²) >= 11 is 0. The van der Waals surface area contributed by atoms with Crippen molar-refractivity contribution in [2.75, 3.05) is 0 Å². The van der Waals surface area contributed by atoms with Crippen LogP contribution in [0.25, 0.3) is 0 Å². The average Bonchev–Trinajstić information content (AvgIpc) is 1.31. The predicted molar refractivity (Wildman–Crippen MR) is 28.3 cm³/mol. The van der Waals surface area contributed by atoms with Crippen molar-refractivity contribution in [1.82, 2.24) is 0 Å². The molecule has 44 valence electrons. The molecule has 7 heteroatoms. The van der Waals surface area contributed by atoms with Crippen molar-refractivity contribution in [2.24, 2.45) is 5.73 Å². The zero-order valence-corrected chi connectivity index (χ0v) is 3.97. The summed E-state index contributed by atoms with van der Waals surface area (Å²) in [5.74, 6) is 0. The minimum absolute atomic E-state index is 0. The Bertz CT molecular complexity index is 170. The second kappa shape index (κ2) is 3.93. The first-order valence-electron chi connectivity index (χ1n) is 1.21. The van der Waals surface area contributed by atoms with Crippen LogP contribution in [-0.2, 0) is 10.1 Å². The van der Waals surface area contributed by atoms with Crippen molar-refractivity contribution in [3.8, 4) is 0 Å². The third kappa shape index (κ3) is 5.16. The number of hydrogen-bond donors (Lipinski definition) is 2. The Hall–Kier alpha value is 1.02. The number of carbonyl (C=O) groups excluding carboxylic acids is 1. The molecule has 0 heterocycles. The molecule has 0 aliphatic rings. The van der Waals surface area contributed by atoms with Gasteiger partial charge in [0.1, 0.15) is 0 Å². The van der Waals surface area contributed by atoms with Crippen molar-refractivity contribution in [3.63, 3.8) is 0 Å². The first-order chi connectivity index (χ1) is 2.94. The summed E-state index contributed by atoms with van der Waals surface area (Å²) in [6.45, 7) is 0. The van der Waals surface area contributed by atoms with Crippen molar-refractivity contribution in [1.29, 1.82) is 0 Å². The Balaban J connectivity index is 0. The topological polar surface area (TPSA) is 97.5 Å². The zero-order valence-electron chi connectivity index (χ0n) is 3.16. The van der Waals surface area contributed by atoms with Gasteiger partial charge in [0.2, 0.25) is 0 Å². The molecule has 0 aromatic heterocycles. The van der Waals surface area contributed by atoms with E-state index >= 15 is 0 Å². The summed E-state index contributed by atoms with van der Waals surface area (Å²) in [6.07, 6.45) is 0. The van der Waals surface area contributed by atoms with Crippen molar-refractivity contribution in [2.45, 2.75) is 0 Å². The van der Waals surface area contributed by atoms with Gasteiger partial charge in [-0.05, 0) is 0 Å². The molecule has 0 aliphatic carbocycles. The number of nitrogens with two attached hydrogens (primary N) is 1. The number of primary amides is 1. The Morgan fingerprint density at radius 2 is 1.62 bits per heavy atom. The summed E-state index contributed by atoms with van der Waals surface area (Å²) in [5.41, 5.74) is 4.09. The summed E-state index contributed by atoms with van der Waals surface area (Å²) < 4.78 is 26.4. The van der Waals surface area contributed by atoms with E-state index in [1.165, 1.54) is 0 Å². The van der Waals surface area contributed by atoms with Crippen molar-refractivity contribution >= 4 is 66.7 Å². The van der Waals surface area contributed by atoms with Gasteiger partial charge in [-0.1, -0.05) is 0 Å². The van der Waals surface area contributed by atoms with Crippen LogP contribution in [0.15, 0.2) is 0 Å². The first-order valence-corrected chi connectivity index (χ1v) is 2.65. The average molecular weight is 165 g/mol. The van der Waals surface area contributed by atoms with Crippen LogP contribution in [0.5, 0.6) is 0 Å². The van der Waals surface area contributed by atoms with E-state index in [-0.39, 0.29) is 51.4 Å². The van der Waals surface area contributed by atoms with Crippen LogP contribution in [0.4, 0.5) is 4.79 Å². The van der Waals surface area contributed by atoms with Crippen LogP contribution < -0.4 is 5.73 Å². The van der Waals surface area contributed by atoms with Gasteiger partial charge in [0.25, 0.3) is 0 Å². The summed E-state index contributed by atoms with van der Waals surface area (Å²) in [5, 5.41) is -1.73. The number of hydrogen-bond acceptors (Lipinski definition) is 3. The van der Waals surface area contributed by atoms with Crippen LogP contribution in [-0.4, -0.2) is 69.6 Å². The van der Waals surface area contributed by atoms with Crippen molar-refractivity contribution < 1.29 is 17.8 Å². The van der Waals surface area contributed by atoms with Crippen LogP contribution in [0.3, 0.4) is 0 Å². The van der Waals surface area contributed by atoms with E-state index in [9.17, 15) is 13.2 Å². The monoisotopic (exact) mass is 165 g/mol. The fourth-order valence-electron chi connectivity index (χ4n) is 0. The maximum absolute atomic E-state index is 9.41. The molecule has 0 saturated heterocycles. The fourth-order valence-corrected chi connectivity index (χ4v) is 0. The van der Waals surface area contributed by atoms with Crippen LogP contribution in [0, 0.1) is 0 Å². The Kier molecular flexibility index (Phi) is 5.79. The molecule has 0 spiro atoms. The molecule has 8 heavy (non-hydrogen) atoms. The molecule has 1 amide bonds. The molecule has 3 N–H and O–H groups in total. The third-order valence-electron chi connectivity index (χ3n) is 0.254. The number of carbonyl (C=O) groups is 1. The van der Waals surface area contributed by atoms with E-state index in [4.69, 9.17) is 4.55 Å². The van der Waals surface area contributed by atoms with E-state index in [1.54, 1.807) is 0 Å². The molecule has 0 unspecified atom stereocenters. The van der Waals surface area contributed by atoms with E-state index in [2.05, 4.69) is 5.73 Å². The molecule has 0 aromatic rings. The van der Waals surface area contributed by atoms with Gasteiger partial charge in [-0.15, -0.1) is 0 Å². The number of amides is 1. The number of rotatable bonds is 0. The van der Waals surface area contributed by atoms with Gasteiger partial charge >= 0.3 is 66.7 Å². The van der Waals surface area contributed by atoms with Gasteiger partial charge in [0.15, 0.2) is 0 Å². The molecule has 0 atom stereocenters. The van der Waals surface area contributed by atoms with E-state index < -0.39 is 15.4 Å². The van der Waals surface area contributed by atoms with Gasteiger partial charge in [0, 0.05) is 0 Å². The quantitative estimate of drug-likeness (QED) is 0.330. The Morgan fingerprint density at radius 3 is 1.62 bits per heavy atom. The van der Waals surface area contributed by atoms with Gasteiger partial charge in [0.05, 0.1) is 0 Å². The fraction of sp³-hybridized carbons (Fsp3) is 0. The maximum atomic E-state index is 9.41. The van der Waals surface area contributed by atoms with E-state index in [1.807, 2.05) is 0 Å². The molecular formula is CH4KNO4S. The summed E-state index contributed by atoms with van der Waals surface area (Å²) in [7, 11) is -4.60. The summed E-state index contributed by atoms with van der Waals surface area (Å²) in [6, 6.07) is 0. The SMILES string of the molecule is NC(=O)S(=O)(=O)O.[KH]. The molecule has 5 nitrogen and oxygen atoms in total. The van der Waals surface area contributed by atoms with Gasteiger partial charge in [-0.2, -0.15) is 8.42 Å². The third-order valence-corrected chi connectivity index (χ3v) is 0.763. The van der Waals surface area contributed by atoms with Crippen molar-refractivity contribution in [3.05, 3.63) is 0 Å². The molecule has 0 bridgehead atoms. The second-order valence-electron chi connectivity index (χ2n) is 0.794. The van der Waals surface area contributed by atoms with Crippen LogP contribution in [0.1, 0.15) is 0 Å². The summed E-state index contributed by atoms with van der Waals surface area (Å²) in [4.78, 5) is 9.41. The molecule has 0 saturated carbocycles. The normalized spacial score (nSPS) is 9.62. The second-order valence-corrected chi connectivity index (χ2v) is 2.15. The van der Waals surface area contributed by atoms with Gasteiger partial charge in [-0.25, -0.2) is 0 Å². The Labute approximate surface area is 88.8 Å². The van der Waals surface area contributed by atoms with Crippen LogP contribution in [0.2, 0.25) is 0 Å². The van der Waals surface area contributed by atoms with Gasteiger partial charge in [-0.3, -0.25) is 9.35 Å². The Morgan fingerprint density at radius 1 is 1.50 bits per heavy atom. The van der Waals surface area contributed by atoms with Gasteiger partial charge < -0.3 is 5.73 Å². The molecule has 0 aliphatic heterocycles. The molecule has 0 rings (SSSR count). The van der Waals surface area contributed by atoms with E-state index in [0.717, 1.165) is 0 Å². The van der Waals surface area contributed by atoms with E-state index in [0.29, 0.717) is 0 Å². The first kappa shape index (κ1) is 11.8. The standard InChI is InChI=1S/CH3NO4S.K.H/c2-1(3)7(4,5)6;;/h(H2,2,3)(H,4,5,6);;. The molecule has 0 fully saturated rings. The van der Waals surface area contributed by atoms with Crippen LogP contribution >= 0.6 is 0 Å². The predicted octanol–water partition coefficient (Wildman–Crippen LogP) is -1.70. The molecule has 0 aromatic carbocycles. The molecular weight excluding hydrogens is 161 g/mol. The molecule has 0 radical (unpaired) electrons.